The molecule has 1 aromatic heterocycles. The molecule has 0 aliphatic carbocycles. The molecule has 1 N–H and O–H groups in total. The molecule has 0 atom stereocenters. The Hall–Kier alpha value is -2.81. The van der Waals surface area contributed by atoms with E-state index in [2.05, 4.69) is 54.4 Å². The number of hydrogen-bond acceptors (Lipinski definition) is 1. The predicted molar refractivity (Wildman–Crippen MR) is 101 cm³/mol. The number of aromatic amines is 1. The highest BCUT2D eigenvalue weighted by Gasteiger charge is 2.24. The van der Waals surface area contributed by atoms with Crippen LogP contribution in [-0.2, 0) is 13.0 Å². The number of H-pyrrole nitrogens is 1. The lowest BCUT2D eigenvalue weighted by molar-refractivity contribution is 0.0734. The fourth-order valence-corrected chi connectivity index (χ4v) is 3.51. The van der Waals surface area contributed by atoms with Crippen molar-refractivity contribution in [2.45, 2.75) is 26.8 Å². The van der Waals surface area contributed by atoms with Crippen molar-refractivity contribution in [2.75, 3.05) is 6.54 Å². The highest BCUT2D eigenvalue weighted by atomic mass is 16.2. The highest BCUT2D eigenvalue weighted by Crippen LogP contribution is 2.25. The van der Waals surface area contributed by atoms with Gasteiger partial charge in [-0.25, -0.2) is 0 Å². The molecule has 0 radical (unpaired) electrons. The molecule has 0 unspecified atom stereocenters. The molecule has 0 saturated heterocycles. The molecular formula is C22H22N2O. The third kappa shape index (κ3) is 2.98. The molecule has 2 aromatic carbocycles. The molecule has 0 fully saturated rings. The molecular weight excluding hydrogens is 308 g/mol. The topological polar surface area (TPSA) is 36.1 Å². The number of benzene rings is 2. The first-order valence-electron chi connectivity index (χ1n) is 8.74. The number of aryl methyl sites for hydroxylation is 2. The van der Waals surface area contributed by atoms with Crippen molar-refractivity contribution in [1.82, 2.24) is 9.88 Å². The van der Waals surface area contributed by atoms with E-state index in [9.17, 15) is 4.79 Å². The van der Waals surface area contributed by atoms with Gasteiger partial charge in [0.15, 0.2) is 0 Å². The van der Waals surface area contributed by atoms with E-state index in [0.29, 0.717) is 6.54 Å². The zero-order valence-corrected chi connectivity index (χ0v) is 14.7. The van der Waals surface area contributed by atoms with Crippen molar-refractivity contribution in [3.63, 3.8) is 0 Å². The summed E-state index contributed by atoms with van der Waals surface area (Å²) >= 11 is 0. The maximum Gasteiger partial charge on any atom is 0.255 e. The van der Waals surface area contributed by atoms with E-state index in [0.717, 1.165) is 35.5 Å². The van der Waals surface area contributed by atoms with Crippen LogP contribution in [0.1, 0.15) is 32.7 Å². The van der Waals surface area contributed by atoms with Crippen LogP contribution >= 0.6 is 0 Å². The van der Waals surface area contributed by atoms with Gasteiger partial charge in [0, 0.05) is 24.5 Å². The lowest BCUT2D eigenvalue weighted by Crippen LogP contribution is -2.36. The lowest BCUT2D eigenvalue weighted by Gasteiger charge is -2.28. The SMILES string of the molecule is Cc1ccc(-c2cc(C(=O)N3CCc4ccccc4C3)c(C)[nH]2)cc1. The van der Waals surface area contributed by atoms with Crippen molar-refractivity contribution < 1.29 is 4.79 Å². The molecule has 0 bridgehead atoms. The summed E-state index contributed by atoms with van der Waals surface area (Å²) in [6, 6.07) is 18.7. The van der Waals surface area contributed by atoms with Crippen LogP contribution in [0.15, 0.2) is 54.6 Å². The number of carbonyl (C=O) groups excluding carboxylic acids is 1. The van der Waals surface area contributed by atoms with Crippen LogP contribution in [0.25, 0.3) is 11.3 Å². The van der Waals surface area contributed by atoms with Crippen molar-refractivity contribution in [2.24, 2.45) is 0 Å². The van der Waals surface area contributed by atoms with Crippen LogP contribution in [0.3, 0.4) is 0 Å². The van der Waals surface area contributed by atoms with Crippen LogP contribution in [-0.4, -0.2) is 22.3 Å². The van der Waals surface area contributed by atoms with Crippen LogP contribution in [0.2, 0.25) is 0 Å². The second-order valence-corrected chi connectivity index (χ2v) is 6.83. The molecule has 1 aliphatic heterocycles. The molecule has 1 amide bonds. The summed E-state index contributed by atoms with van der Waals surface area (Å²) in [6.45, 7) is 5.52. The largest absolute Gasteiger partial charge is 0.358 e. The molecule has 2 heterocycles. The minimum atomic E-state index is 0.113. The zero-order valence-electron chi connectivity index (χ0n) is 14.7. The normalized spacial score (nSPS) is 13.6. The van der Waals surface area contributed by atoms with E-state index in [1.54, 1.807) is 0 Å². The predicted octanol–water partition coefficient (Wildman–Crippen LogP) is 4.50. The summed E-state index contributed by atoms with van der Waals surface area (Å²) < 4.78 is 0. The first-order valence-corrected chi connectivity index (χ1v) is 8.74. The highest BCUT2D eigenvalue weighted by molar-refractivity contribution is 5.97. The number of amides is 1. The molecule has 4 rings (SSSR count). The Morgan fingerprint density at radius 3 is 2.48 bits per heavy atom. The molecule has 126 valence electrons. The number of nitrogens with one attached hydrogen (secondary N) is 1. The standard InChI is InChI=1S/C22H22N2O/c1-15-7-9-18(10-8-15)21-13-20(16(2)23-21)22(25)24-12-11-17-5-3-4-6-19(17)14-24/h3-10,13,23H,11-12,14H2,1-2H3. The zero-order chi connectivity index (χ0) is 17.4. The molecule has 25 heavy (non-hydrogen) atoms. The van der Waals surface area contributed by atoms with E-state index in [1.807, 2.05) is 24.0 Å². The fraction of sp³-hybridized carbons (Fsp3) is 0.227. The smallest absolute Gasteiger partial charge is 0.255 e. The third-order valence-electron chi connectivity index (χ3n) is 5.03. The number of fused-ring (bicyclic) bond motifs is 1. The first-order chi connectivity index (χ1) is 12.1. The van der Waals surface area contributed by atoms with Gasteiger partial charge in [0.1, 0.15) is 0 Å². The van der Waals surface area contributed by atoms with Crippen molar-refractivity contribution in [1.29, 1.82) is 0 Å². The van der Waals surface area contributed by atoms with E-state index < -0.39 is 0 Å². The number of rotatable bonds is 2. The molecule has 3 heteroatoms. The van der Waals surface area contributed by atoms with Crippen LogP contribution in [0.4, 0.5) is 0 Å². The van der Waals surface area contributed by atoms with Crippen molar-refractivity contribution in [3.05, 3.63) is 82.5 Å². The summed E-state index contributed by atoms with van der Waals surface area (Å²) in [5, 5.41) is 0. The number of aromatic nitrogens is 1. The maximum absolute atomic E-state index is 13.0. The van der Waals surface area contributed by atoms with Gasteiger partial charge in [-0.15, -0.1) is 0 Å². The molecule has 1 aliphatic rings. The summed E-state index contributed by atoms with van der Waals surface area (Å²) in [4.78, 5) is 18.4. The molecule has 3 aromatic rings. The van der Waals surface area contributed by atoms with E-state index in [1.165, 1.54) is 16.7 Å². The van der Waals surface area contributed by atoms with Gasteiger partial charge in [0.25, 0.3) is 5.91 Å². The summed E-state index contributed by atoms with van der Waals surface area (Å²) in [7, 11) is 0. The third-order valence-corrected chi connectivity index (χ3v) is 5.03. The number of carbonyl (C=O) groups is 1. The second kappa shape index (κ2) is 6.25. The molecule has 0 saturated carbocycles. The Kier molecular flexibility index (Phi) is 3.92. The van der Waals surface area contributed by atoms with Crippen LogP contribution < -0.4 is 0 Å². The van der Waals surface area contributed by atoms with Gasteiger partial charge >= 0.3 is 0 Å². The van der Waals surface area contributed by atoms with E-state index in [4.69, 9.17) is 0 Å². The Balaban J connectivity index is 1.60. The van der Waals surface area contributed by atoms with Crippen LogP contribution in [0.5, 0.6) is 0 Å². The van der Waals surface area contributed by atoms with Gasteiger partial charge in [-0.05, 0) is 43.0 Å². The minimum absolute atomic E-state index is 0.113. The average molecular weight is 330 g/mol. The second-order valence-electron chi connectivity index (χ2n) is 6.83. The monoisotopic (exact) mass is 330 g/mol. The minimum Gasteiger partial charge on any atom is -0.358 e. The van der Waals surface area contributed by atoms with Crippen molar-refractivity contribution >= 4 is 5.91 Å². The van der Waals surface area contributed by atoms with E-state index in [-0.39, 0.29) is 5.91 Å². The lowest BCUT2D eigenvalue weighted by atomic mass is 9.99. The fourth-order valence-electron chi connectivity index (χ4n) is 3.51. The quantitative estimate of drug-likeness (QED) is 0.738. The number of hydrogen-bond donors (Lipinski definition) is 1. The average Bonchev–Trinajstić information content (AvgIpc) is 3.03. The molecule has 0 spiro atoms. The Bertz CT molecular complexity index is 921. The van der Waals surface area contributed by atoms with Gasteiger partial charge in [-0.1, -0.05) is 54.1 Å². The Labute approximate surface area is 148 Å². The van der Waals surface area contributed by atoms with Crippen LogP contribution in [0, 0.1) is 13.8 Å². The van der Waals surface area contributed by atoms with E-state index >= 15 is 0 Å². The summed E-state index contributed by atoms with van der Waals surface area (Å²) in [5.41, 5.74) is 7.66. The Morgan fingerprint density at radius 2 is 1.72 bits per heavy atom. The van der Waals surface area contributed by atoms with Gasteiger partial charge in [-0.2, -0.15) is 0 Å². The van der Waals surface area contributed by atoms with Gasteiger partial charge < -0.3 is 9.88 Å². The maximum atomic E-state index is 13.0. The van der Waals surface area contributed by atoms with Crippen molar-refractivity contribution in [3.8, 4) is 11.3 Å². The van der Waals surface area contributed by atoms with Gasteiger partial charge in [-0.3, -0.25) is 4.79 Å². The Morgan fingerprint density at radius 1 is 1.00 bits per heavy atom. The van der Waals surface area contributed by atoms with Gasteiger partial charge in [0.05, 0.1) is 5.56 Å². The first kappa shape index (κ1) is 15.7. The molecule has 3 nitrogen and oxygen atoms in total. The van der Waals surface area contributed by atoms with Gasteiger partial charge in [0.2, 0.25) is 0 Å². The summed E-state index contributed by atoms with van der Waals surface area (Å²) in [6.07, 6.45) is 0.927. The summed E-state index contributed by atoms with van der Waals surface area (Å²) in [5.74, 6) is 0.113. The number of nitrogens with zero attached hydrogens (tertiary/aromatic N) is 1.